The first kappa shape index (κ1) is 10.8. The standard InChI is InChI=1S/C13H15N3OS/c1-6-9-11(15-16-12(9)17)10-7-4-2-3-5-8(7)18-13(10)14-6/h2-6,9-11,13-15H,1H3,(H,16,17). The first-order chi connectivity index (χ1) is 8.75. The van der Waals surface area contributed by atoms with Gasteiger partial charge in [0.2, 0.25) is 5.91 Å². The molecule has 3 N–H and O–H groups in total. The van der Waals surface area contributed by atoms with Gasteiger partial charge in [-0.3, -0.25) is 10.2 Å². The van der Waals surface area contributed by atoms with Crippen LogP contribution >= 0.6 is 11.8 Å². The van der Waals surface area contributed by atoms with Crippen LogP contribution in [0.5, 0.6) is 0 Å². The topological polar surface area (TPSA) is 53.2 Å². The third kappa shape index (κ3) is 1.32. The van der Waals surface area contributed by atoms with Crippen LogP contribution in [0.15, 0.2) is 29.2 Å². The van der Waals surface area contributed by atoms with E-state index in [2.05, 4.69) is 47.4 Å². The lowest BCUT2D eigenvalue weighted by atomic mass is 9.78. The van der Waals surface area contributed by atoms with Crippen molar-refractivity contribution in [2.75, 3.05) is 0 Å². The molecule has 0 spiro atoms. The van der Waals surface area contributed by atoms with E-state index in [9.17, 15) is 4.79 Å². The van der Waals surface area contributed by atoms with E-state index in [-0.39, 0.29) is 23.9 Å². The minimum atomic E-state index is 0.0259. The molecule has 3 aliphatic heterocycles. The molecule has 3 aliphatic rings. The summed E-state index contributed by atoms with van der Waals surface area (Å²) < 4.78 is 0. The lowest BCUT2D eigenvalue weighted by Crippen LogP contribution is -2.56. The highest BCUT2D eigenvalue weighted by atomic mass is 32.2. The number of piperidine rings is 1. The van der Waals surface area contributed by atoms with E-state index < -0.39 is 0 Å². The van der Waals surface area contributed by atoms with Crippen molar-refractivity contribution in [3.05, 3.63) is 29.8 Å². The fourth-order valence-corrected chi connectivity index (χ4v) is 4.98. The Balaban J connectivity index is 1.78. The molecule has 1 amide bonds. The summed E-state index contributed by atoms with van der Waals surface area (Å²) >= 11 is 1.88. The Morgan fingerprint density at radius 1 is 1.22 bits per heavy atom. The maximum Gasteiger partial charge on any atom is 0.240 e. The summed E-state index contributed by atoms with van der Waals surface area (Å²) in [5.41, 5.74) is 7.36. The smallest absolute Gasteiger partial charge is 0.240 e. The average Bonchev–Trinajstić information content (AvgIpc) is 2.90. The number of rotatable bonds is 0. The molecule has 3 heterocycles. The number of carbonyl (C=O) groups excluding carboxylic acids is 1. The van der Waals surface area contributed by atoms with Gasteiger partial charge in [0.05, 0.1) is 11.3 Å². The molecule has 5 heteroatoms. The molecule has 0 aromatic heterocycles. The zero-order valence-electron chi connectivity index (χ0n) is 10.0. The first-order valence-electron chi connectivity index (χ1n) is 6.33. The van der Waals surface area contributed by atoms with Gasteiger partial charge in [0, 0.05) is 22.9 Å². The molecule has 0 aliphatic carbocycles. The van der Waals surface area contributed by atoms with Crippen molar-refractivity contribution in [2.45, 2.75) is 35.2 Å². The van der Waals surface area contributed by atoms with Crippen LogP contribution in [0.3, 0.4) is 0 Å². The second kappa shape index (κ2) is 3.73. The molecule has 94 valence electrons. The summed E-state index contributed by atoms with van der Waals surface area (Å²) in [6.07, 6.45) is 0. The summed E-state index contributed by atoms with van der Waals surface area (Å²) in [7, 11) is 0. The van der Waals surface area contributed by atoms with E-state index >= 15 is 0 Å². The Morgan fingerprint density at radius 3 is 2.94 bits per heavy atom. The number of nitrogens with one attached hydrogen (secondary N) is 3. The number of amides is 1. The maximum atomic E-state index is 11.9. The monoisotopic (exact) mass is 261 g/mol. The minimum Gasteiger partial charge on any atom is -0.301 e. The van der Waals surface area contributed by atoms with Crippen LogP contribution in [0.4, 0.5) is 0 Å². The van der Waals surface area contributed by atoms with Gasteiger partial charge in [0.1, 0.15) is 0 Å². The van der Waals surface area contributed by atoms with Crippen LogP contribution in [0.25, 0.3) is 0 Å². The van der Waals surface area contributed by atoms with Crippen LogP contribution in [0, 0.1) is 5.92 Å². The van der Waals surface area contributed by atoms with Crippen molar-refractivity contribution in [1.29, 1.82) is 0 Å². The van der Waals surface area contributed by atoms with Gasteiger partial charge in [-0.05, 0) is 18.6 Å². The van der Waals surface area contributed by atoms with Gasteiger partial charge < -0.3 is 5.32 Å². The van der Waals surface area contributed by atoms with Gasteiger partial charge in [0.25, 0.3) is 0 Å². The van der Waals surface area contributed by atoms with Crippen LogP contribution in [-0.4, -0.2) is 23.4 Å². The van der Waals surface area contributed by atoms with Crippen LogP contribution in [-0.2, 0) is 4.79 Å². The molecular formula is C13H15N3OS. The lowest BCUT2D eigenvalue weighted by molar-refractivity contribution is -0.123. The molecule has 2 fully saturated rings. The van der Waals surface area contributed by atoms with E-state index in [4.69, 9.17) is 0 Å². The van der Waals surface area contributed by atoms with E-state index in [0.717, 1.165) is 0 Å². The van der Waals surface area contributed by atoms with Crippen LogP contribution in [0.2, 0.25) is 0 Å². The number of hydrogen-bond acceptors (Lipinski definition) is 4. The normalized spacial score (nSPS) is 40.9. The fourth-order valence-electron chi connectivity index (χ4n) is 3.46. The fraction of sp³-hybridized carbons (Fsp3) is 0.462. The summed E-state index contributed by atoms with van der Waals surface area (Å²) in [6.45, 7) is 2.10. The number of thioether (sulfide) groups is 1. The SMILES string of the molecule is CC1NC2Sc3ccccc3C2C2NNC(=O)C12. The molecular weight excluding hydrogens is 246 g/mol. The predicted octanol–water partition coefficient (Wildman–Crippen LogP) is 0.813. The Bertz CT molecular complexity index is 521. The zero-order chi connectivity index (χ0) is 12.3. The summed E-state index contributed by atoms with van der Waals surface area (Å²) in [4.78, 5) is 13.2. The van der Waals surface area contributed by atoms with E-state index in [0.29, 0.717) is 11.3 Å². The van der Waals surface area contributed by atoms with Crippen LogP contribution in [0.1, 0.15) is 18.4 Å². The Hall–Kier alpha value is -1.04. The van der Waals surface area contributed by atoms with Gasteiger partial charge in [-0.25, -0.2) is 5.43 Å². The van der Waals surface area contributed by atoms with Gasteiger partial charge in [0.15, 0.2) is 0 Å². The van der Waals surface area contributed by atoms with Gasteiger partial charge in [-0.1, -0.05) is 18.2 Å². The molecule has 5 atom stereocenters. The van der Waals surface area contributed by atoms with Crippen molar-refractivity contribution in [3.8, 4) is 0 Å². The van der Waals surface area contributed by atoms with Crippen molar-refractivity contribution in [2.24, 2.45) is 5.92 Å². The quantitative estimate of drug-likeness (QED) is 0.647. The summed E-state index contributed by atoms with van der Waals surface area (Å²) in [5, 5.41) is 3.96. The number of hydrazine groups is 1. The van der Waals surface area contributed by atoms with Gasteiger partial charge in [-0.2, -0.15) is 0 Å². The number of benzene rings is 1. The predicted molar refractivity (Wildman–Crippen MR) is 70.0 cm³/mol. The van der Waals surface area contributed by atoms with Crippen molar-refractivity contribution >= 4 is 17.7 Å². The maximum absolute atomic E-state index is 11.9. The third-order valence-electron chi connectivity index (χ3n) is 4.26. The second-order valence-corrected chi connectivity index (χ2v) is 6.43. The Kier molecular flexibility index (Phi) is 2.24. The number of carbonyl (C=O) groups is 1. The highest BCUT2D eigenvalue weighted by Gasteiger charge is 2.52. The van der Waals surface area contributed by atoms with Crippen molar-refractivity contribution in [1.82, 2.24) is 16.2 Å². The van der Waals surface area contributed by atoms with Crippen molar-refractivity contribution < 1.29 is 4.79 Å². The Labute approximate surface area is 110 Å². The van der Waals surface area contributed by atoms with Gasteiger partial charge in [-0.15, -0.1) is 11.8 Å². The first-order valence-corrected chi connectivity index (χ1v) is 7.21. The van der Waals surface area contributed by atoms with E-state index in [1.807, 2.05) is 11.8 Å². The molecule has 4 nitrogen and oxygen atoms in total. The molecule has 5 unspecified atom stereocenters. The Morgan fingerprint density at radius 2 is 2.06 bits per heavy atom. The zero-order valence-corrected chi connectivity index (χ0v) is 10.8. The van der Waals surface area contributed by atoms with Gasteiger partial charge >= 0.3 is 0 Å². The summed E-state index contributed by atoms with van der Waals surface area (Å²) in [6, 6.07) is 8.94. The van der Waals surface area contributed by atoms with Crippen LogP contribution < -0.4 is 16.2 Å². The lowest BCUT2D eigenvalue weighted by Gasteiger charge is -2.39. The molecule has 2 saturated heterocycles. The average molecular weight is 261 g/mol. The third-order valence-corrected chi connectivity index (χ3v) is 5.57. The number of fused-ring (bicyclic) bond motifs is 5. The largest absolute Gasteiger partial charge is 0.301 e. The highest BCUT2D eigenvalue weighted by Crippen LogP contribution is 2.50. The molecule has 4 rings (SSSR count). The second-order valence-electron chi connectivity index (χ2n) is 5.24. The van der Waals surface area contributed by atoms with Crippen molar-refractivity contribution in [3.63, 3.8) is 0 Å². The molecule has 0 radical (unpaired) electrons. The molecule has 0 bridgehead atoms. The number of hydrogen-bond donors (Lipinski definition) is 3. The van der Waals surface area contributed by atoms with E-state index in [1.165, 1.54) is 10.5 Å². The minimum absolute atomic E-state index is 0.0259. The van der Waals surface area contributed by atoms with E-state index in [1.54, 1.807) is 0 Å². The molecule has 1 aromatic carbocycles. The molecule has 1 aromatic rings. The molecule has 0 saturated carbocycles. The highest BCUT2D eigenvalue weighted by molar-refractivity contribution is 8.00. The molecule has 18 heavy (non-hydrogen) atoms. The summed E-state index contributed by atoms with van der Waals surface area (Å²) in [5.74, 6) is 0.511.